The number of hydrogen-bond acceptors (Lipinski definition) is 3. The van der Waals surface area contributed by atoms with Crippen LogP contribution < -0.4 is 5.32 Å². The van der Waals surface area contributed by atoms with Crippen LogP contribution in [0.4, 0.5) is 4.39 Å². The van der Waals surface area contributed by atoms with Crippen molar-refractivity contribution in [3.8, 4) is 6.07 Å². The Morgan fingerprint density at radius 2 is 2.41 bits per heavy atom. The maximum absolute atomic E-state index is 13.0. The largest absolute Gasteiger partial charge is 0.320 e. The summed E-state index contributed by atoms with van der Waals surface area (Å²) in [4.78, 5) is 13.6. The molecule has 88 valence electrons. The van der Waals surface area contributed by atoms with Crippen LogP contribution in [-0.4, -0.2) is 36.5 Å². The second-order valence-electron chi connectivity index (χ2n) is 3.86. The summed E-state index contributed by atoms with van der Waals surface area (Å²) in [6.07, 6.45) is 0. The third-order valence-electron chi connectivity index (χ3n) is 2.72. The molecule has 1 aromatic carbocycles. The van der Waals surface area contributed by atoms with Crippen molar-refractivity contribution < 1.29 is 9.18 Å². The molecule has 1 atom stereocenters. The number of nitriles is 1. The monoisotopic (exact) mass is 233 g/mol. The van der Waals surface area contributed by atoms with Gasteiger partial charge in [-0.05, 0) is 18.2 Å². The van der Waals surface area contributed by atoms with Gasteiger partial charge in [-0.3, -0.25) is 4.79 Å². The van der Waals surface area contributed by atoms with Gasteiger partial charge in [0, 0.05) is 25.2 Å². The minimum absolute atomic E-state index is 0.284. The number of nitrogens with one attached hydrogen (secondary N) is 1. The molecule has 1 amide bonds. The fraction of sp³-hybridized carbons (Fsp3) is 0.333. The summed E-state index contributed by atoms with van der Waals surface area (Å²) in [7, 11) is 0. The number of hydrogen-bond donors (Lipinski definition) is 1. The average Bonchev–Trinajstić information content (AvgIpc) is 2.38. The number of amides is 1. The van der Waals surface area contributed by atoms with Gasteiger partial charge in [-0.2, -0.15) is 5.26 Å². The number of benzene rings is 1. The van der Waals surface area contributed by atoms with Crippen LogP contribution in [0.15, 0.2) is 24.3 Å². The molecule has 0 radical (unpaired) electrons. The van der Waals surface area contributed by atoms with E-state index >= 15 is 0 Å². The zero-order chi connectivity index (χ0) is 12.3. The molecule has 1 fully saturated rings. The van der Waals surface area contributed by atoms with Crippen molar-refractivity contribution in [1.29, 1.82) is 5.26 Å². The minimum Gasteiger partial charge on any atom is -0.320 e. The highest BCUT2D eigenvalue weighted by atomic mass is 19.1. The van der Waals surface area contributed by atoms with E-state index in [4.69, 9.17) is 5.26 Å². The maximum atomic E-state index is 13.0. The van der Waals surface area contributed by atoms with Crippen LogP contribution in [-0.2, 0) is 0 Å². The van der Waals surface area contributed by atoms with E-state index in [0.717, 1.165) is 0 Å². The second-order valence-corrected chi connectivity index (χ2v) is 3.86. The van der Waals surface area contributed by atoms with Gasteiger partial charge < -0.3 is 10.2 Å². The molecule has 4 nitrogen and oxygen atoms in total. The Bertz CT molecular complexity index is 469. The molecule has 1 unspecified atom stereocenters. The van der Waals surface area contributed by atoms with Gasteiger partial charge in [-0.15, -0.1) is 0 Å². The van der Waals surface area contributed by atoms with Crippen molar-refractivity contribution >= 4 is 5.91 Å². The van der Waals surface area contributed by atoms with Crippen LogP contribution in [0.2, 0.25) is 0 Å². The Labute approximate surface area is 98.6 Å². The summed E-state index contributed by atoms with van der Waals surface area (Å²) in [5.41, 5.74) is 0.284. The fourth-order valence-electron chi connectivity index (χ4n) is 1.85. The van der Waals surface area contributed by atoms with Crippen LogP contribution in [0.5, 0.6) is 0 Å². The van der Waals surface area contributed by atoms with Crippen molar-refractivity contribution in [3.05, 3.63) is 35.6 Å². The number of carbonyl (C=O) groups excluding carboxylic acids is 1. The highest BCUT2D eigenvalue weighted by molar-refractivity contribution is 5.94. The maximum Gasteiger partial charge on any atom is 0.255 e. The second kappa shape index (κ2) is 4.93. The van der Waals surface area contributed by atoms with Crippen molar-refractivity contribution in [3.63, 3.8) is 0 Å². The average molecular weight is 233 g/mol. The predicted molar refractivity (Wildman–Crippen MR) is 59.7 cm³/mol. The lowest BCUT2D eigenvalue weighted by molar-refractivity contribution is 0.0686. The SMILES string of the molecule is N#CC1CNCCN1C(=O)c1cccc(F)c1. The zero-order valence-electron chi connectivity index (χ0n) is 9.19. The van der Waals surface area contributed by atoms with Gasteiger partial charge in [0.2, 0.25) is 0 Å². The molecule has 0 aliphatic carbocycles. The lowest BCUT2D eigenvalue weighted by atomic mass is 10.1. The van der Waals surface area contributed by atoms with Gasteiger partial charge in [0.05, 0.1) is 6.07 Å². The number of halogens is 1. The number of rotatable bonds is 1. The van der Waals surface area contributed by atoms with Gasteiger partial charge >= 0.3 is 0 Å². The van der Waals surface area contributed by atoms with Crippen LogP contribution in [0.1, 0.15) is 10.4 Å². The molecule has 0 aromatic heterocycles. The van der Waals surface area contributed by atoms with Crippen molar-refractivity contribution in [2.45, 2.75) is 6.04 Å². The minimum atomic E-state index is -0.487. The molecule has 0 bridgehead atoms. The summed E-state index contributed by atoms with van der Waals surface area (Å²) >= 11 is 0. The molecule has 1 aromatic rings. The number of piperazine rings is 1. The third kappa shape index (κ3) is 2.43. The van der Waals surface area contributed by atoms with Gasteiger partial charge in [0.15, 0.2) is 0 Å². The first-order chi connectivity index (χ1) is 8.22. The highest BCUT2D eigenvalue weighted by Gasteiger charge is 2.27. The van der Waals surface area contributed by atoms with E-state index in [1.807, 2.05) is 0 Å². The molecule has 1 aliphatic rings. The molecule has 0 saturated carbocycles. The zero-order valence-corrected chi connectivity index (χ0v) is 9.19. The van der Waals surface area contributed by atoms with Gasteiger partial charge in [-0.25, -0.2) is 4.39 Å². The Morgan fingerprint density at radius 1 is 1.59 bits per heavy atom. The van der Waals surface area contributed by atoms with E-state index in [9.17, 15) is 9.18 Å². The summed E-state index contributed by atoms with van der Waals surface area (Å²) in [5.74, 6) is -0.739. The van der Waals surface area contributed by atoms with E-state index in [1.54, 1.807) is 6.07 Å². The van der Waals surface area contributed by atoms with Crippen molar-refractivity contribution in [1.82, 2.24) is 10.2 Å². The molecule has 1 aliphatic heterocycles. The summed E-state index contributed by atoms with van der Waals surface area (Å²) in [6.45, 7) is 1.57. The van der Waals surface area contributed by atoms with Crippen LogP contribution >= 0.6 is 0 Å². The van der Waals surface area contributed by atoms with Gasteiger partial charge in [0.25, 0.3) is 5.91 Å². The molecule has 1 saturated heterocycles. The van der Waals surface area contributed by atoms with E-state index in [1.165, 1.54) is 23.1 Å². The first-order valence-corrected chi connectivity index (χ1v) is 5.39. The first kappa shape index (κ1) is 11.6. The third-order valence-corrected chi connectivity index (χ3v) is 2.72. The van der Waals surface area contributed by atoms with E-state index in [2.05, 4.69) is 11.4 Å². The molecule has 1 N–H and O–H groups in total. The van der Waals surface area contributed by atoms with E-state index in [-0.39, 0.29) is 11.5 Å². The van der Waals surface area contributed by atoms with Crippen molar-refractivity contribution in [2.24, 2.45) is 0 Å². The molecule has 17 heavy (non-hydrogen) atoms. The molecule has 2 rings (SSSR count). The van der Waals surface area contributed by atoms with E-state index < -0.39 is 11.9 Å². The quantitative estimate of drug-likeness (QED) is 0.779. The van der Waals surface area contributed by atoms with Gasteiger partial charge in [-0.1, -0.05) is 6.07 Å². The van der Waals surface area contributed by atoms with Crippen LogP contribution in [0, 0.1) is 17.1 Å². The first-order valence-electron chi connectivity index (χ1n) is 5.39. The molecular formula is C12H12FN3O. The van der Waals surface area contributed by atoms with Crippen molar-refractivity contribution in [2.75, 3.05) is 19.6 Å². The molecule has 5 heteroatoms. The predicted octanol–water partition coefficient (Wildman–Crippen LogP) is 0.763. The standard InChI is InChI=1S/C12H12FN3O/c13-10-3-1-2-9(6-10)12(17)16-5-4-15-8-11(16)7-14/h1-3,6,11,15H,4-5,8H2. The smallest absolute Gasteiger partial charge is 0.255 e. The Hall–Kier alpha value is -1.93. The number of carbonyl (C=O) groups is 1. The highest BCUT2D eigenvalue weighted by Crippen LogP contribution is 2.11. The lowest BCUT2D eigenvalue weighted by Gasteiger charge is -2.32. The fourth-order valence-corrected chi connectivity index (χ4v) is 1.85. The summed E-state index contributed by atoms with van der Waals surface area (Å²) in [6, 6.07) is 7.11. The van der Waals surface area contributed by atoms with Crippen LogP contribution in [0.25, 0.3) is 0 Å². The topological polar surface area (TPSA) is 56.1 Å². The molecular weight excluding hydrogens is 221 g/mol. The Morgan fingerprint density at radius 3 is 3.12 bits per heavy atom. The number of nitrogens with zero attached hydrogens (tertiary/aromatic N) is 2. The Kier molecular flexibility index (Phi) is 3.35. The Balaban J connectivity index is 2.22. The summed E-state index contributed by atoms with van der Waals surface area (Å²) in [5, 5.41) is 12.0. The van der Waals surface area contributed by atoms with Crippen LogP contribution in [0.3, 0.4) is 0 Å². The van der Waals surface area contributed by atoms with E-state index in [0.29, 0.717) is 19.6 Å². The normalized spacial score (nSPS) is 19.8. The summed E-state index contributed by atoms with van der Waals surface area (Å²) < 4.78 is 13.0. The van der Waals surface area contributed by atoms with Gasteiger partial charge in [0.1, 0.15) is 11.9 Å². The molecule has 0 spiro atoms. The molecule has 1 heterocycles. The lowest BCUT2D eigenvalue weighted by Crippen LogP contribution is -2.53.